The zero-order valence-corrected chi connectivity index (χ0v) is 14.8. The van der Waals surface area contributed by atoms with Crippen LogP contribution < -0.4 is 14.8 Å². The van der Waals surface area contributed by atoms with Crippen molar-refractivity contribution in [1.82, 2.24) is 5.32 Å². The average Bonchev–Trinajstić information content (AvgIpc) is 2.57. The summed E-state index contributed by atoms with van der Waals surface area (Å²) in [5.74, 6) is -1.69. The van der Waals surface area contributed by atoms with E-state index in [1.54, 1.807) is 13.8 Å². The molecule has 1 aromatic carbocycles. The van der Waals surface area contributed by atoms with Crippen LogP contribution in [0.15, 0.2) is 23.1 Å². The molecule has 1 aliphatic rings. The lowest BCUT2D eigenvalue weighted by atomic mass is 10.0. The Labute approximate surface area is 146 Å². The molecule has 1 atom stereocenters. The van der Waals surface area contributed by atoms with Crippen LogP contribution in [-0.2, 0) is 19.4 Å². The van der Waals surface area contributed by atoms with Gasteiger partial charge in [-0.2, -0.15) is 0 Å². The lowest BCUT2D eigenvalue weighted by molar-refractivity contribution is -0.143. The minimum Gasteiger partial charge on any atom is -0.486 e. The molecule has 9 heteroatoms. The Morgan fingerprint density at radius 1 is 1.20 bits per heavy atom. The van der Waals surface area contributed by atoms with Crippen molar-refractivity contribution >= 4 is 21.7 Å². The maximum absolute atomic E-state index is 12.4. The summed E-state index contributed by atoms with van der Waals surface area (Å²) < 4.78 is 35.5. The summed E-state index contributed by atoms with van der Waals surface area (Å²) in [6.45, 7) is 4.06. The van der Waals surface area contributed by atoms with Crippen molar-refractivity contribution in [3.8, 4) is 11.5 Å². The second kappa shape index (κ2) is 7.73. The molecule has 1 aliphatic heterocycles. The van der Waals surface area contributed by atoms with Crippen molar-refractivity contribution in [2.45, 2.75) is 31.2 Å². The SMILES string of the molecule is CC(C)[C@@H](NC(=O)CCS(=O)(=O)c1ccc2c(c1)OCCO2)C(=O)O. The molecule has 1 heterocycles. The number of carboxylic acid groups (broad SMARTS) is 1. The molecule has 1 aromatic rings. The summed E-state index contributed by atoms with van der Waals surface area (Å²) in [5, 5.41) is 11.4. The topological polar surface area (TPSA) is 119 Å². The van der Waals surface area contributed by atoms with Crippen molar-refractivity contribution in [3.63, 3.8) is 0 Å². The van der Waals surface area contributed by atoms with E-state index >= 15 is 0 Å². The number of hydrogen-bond donors (Lipinski definition) is 2. The number of carbonyl (C=O) groups is 2. The van der Waals surface area contributed by atoms with Gasteiger partial charge in [0.2, 0.25) is 5.91 Å². The predicted octanol–water partition coefficient (Wildman–Crippen LogP) is 0.847. The lowest BCUT2D eigenvalue weighted by Gasteiger charge is -2.19. The molecular formula is C16H21NO7S. The van der Waals surface area contributed by atoms with Crippen molar-refractivity contribution in [3.05, 3.63) is 18.2 Å². The Morgan fingerprint density at radius 3 is 2.44 bits per heavy atom. The number of carbonyl (C=O) groups excluding carboxylic acids is 1. The molecule has 25 heavy (non-hydrogen) atoms. The zero-order chi connectivity index (χ0) is 18.6. The third-order valence-electron chi connectivity index (χ3n) is 3.72. The Balaban J connectivity index is 2.01. The number of benzene rings is 1. The van der Waals surface area contributed by atoms with Gasteiger partial charge in [-0.25, -0.2) is 13.2 Å². The van der Waals surface area contributed by atoms with Crippen LogP contribution in [-0.4, -0.2) is 50.4 Å². The molecule has 0 fully saturated rings. The molecule has 0 unspecified atom stereocenters. The number of fused-ring (bicyclic) bond motifs is 1. The first-order chi connectivity index (χ1) is 11.7. The molecule has 0 radical (unpaired) electrons. The van der Waals surface area contributed by atoms with Gasteiger partial charge >= 0.3 is 5.97 Å². The molecule has 2 N–H and O–H groups in total. The van der Waals surface area contributed by atoms with Crippen LogP contribution in [0.1, 0.15) is 20.3 Å². The summed E-state index contributed by atoms with van der Waals surface area (Å²) in [4.78, 5) is 23.0. The largest absolute Gasteiger partial charge is 0.486 e. The smallest absolute Gasteiger partial charge is 0.326 e. The van der Waals surface area contributed by atoms with Crippen LogP contribution >= 0.6 is 0 Å². The van der Waals surface area contributed by atoms with Crippen molar-refractivity contribution in [1.29, 1.82) is 0 Å². The van der Waals surface area contributed by atoms with Gasteiger partial charge in [-0.15, -0.1) is 0 Å². The van der Waals surface area contributed by atoms with Gasteiger partial charge < -0.3 is 19.9 Å². The van der Waals surface area contributed by atoms with Crippen LogP contribution in [0.2, 0.25) is 0 Å². The fraction of sp³-hybridized carbons (Fsp3) is 0.500. The van der Waals surface area contributed by atoms with Gasteiger partial charge in [0.15, 0.2) is 21.3 Å². The second-order valence-corrected chi connectivity index (χ2v) is 8.11. The number of rotatable bonds is 7. The molecule has 138 valence electrons. The fourth-order valence-corrected chi connectivity index (χ4v) is 3.57. The normalized spacial score (nSPS) is 14.8. The molecule has 0 aromatic heterocycles. The number of hydrogen-bond acceptors (Lipinski definition) is 6. The van der Waals surface area contributed by atoms with E-state index in [9.17, 15) is 18.0 Å². The molecule has 2 rings (SSSR count). The van der Waals surface area contributed by atoms with Crippen LogP contribution in [0, 0.1) is 5.92 Å². The van der Waals surface area contributed by atoms with Crippen molar-refractivity contribution < 1.29 is 32.6 Å². The number of ether oxygens (including phenoxy) is 2. The van der Waals surface area contributed by atoms with E-state index in [1.807, 2.05) is 0 Å². The molecule has 0 spiro atoms. The van der Waals surface area contributed by atoms with Gasteiger partial charge in [0, 0.05) is 12.5 Å². The van der Waals surface area contributed by atoms with Crippen LogP contribution in [0.5, 0.6) is 11.5 Å². The summed E-state index contributed by atoms with van der Waals surface area (Å²) in [5.41, 5.74) is 0. The highest BCUT2D eigenvalue weighted by molar-refractivity contribution is 7.91. The number of amides is 1. The van der Waals surface area contributed by atoms with Crippen LogP contribution in [0.3, 0.4) is 0 Å². The Bertz CT molecular complexity index is 758. The predicted molar refractivity (Wildman–Crippen MR) is 88.5 cm³/mol. The van der Waals surface area contributed by atoms with E-state index < -0.39 is 33.5 Å². The molecule has 0 saturated carbocycles. The number of nitrogens with one attached hydrogen (secondary N) is 1. The Morgan fingerprint density at radius 2 is 1.84 bits per heavy atom. The van der Waals surface area contributed by atoms with Gasteiger partial charge in [0.05, 0.1) is 10.6 Å². The highest BCUT2D eigenvalue weighted by atomic mass is 32.2. The monoisotopic (exact) mass is 371 g/mol. The van der Waals surface area contributed by atoms with Gasteiger partial charge in [0.1, 0.15) is 19.3 Å². The quantitative estimate of drug-likeness (QED) is 0.729. The number of carboxylic acids is 1. The first kappa shape index (κ1) is 19.0. The van der Waals surface area contributed by atoms with Crippen LogP contribution in [0.25, 0.3) is 0 Å². The van der Waals surface area contributed by atoms with E-state index in [0.717, 1.165) is 0 Å². The first-order valence-electron chi connectivity index (χ1n) is 7.85. The van der Waals surface area contributed by atoms with E-state index in [0.29, 0.717) is 24.7 Å². The lowest BCUT2D eigenvalue weighted by Crippen LogP contribution is -2.44. The van der Waals surface area contributed by atoms with Crippen molar-refractivity contribution in [2.75, 3.05) is 19.0 Å². The summed E-state index contributed by atoms with van der Waals surface area (Å²) in [6, 6.07) is 3.23. The summed E-state index contributed by atoms with van der Waals surface area (Å²) in [6.07, 6.45) is -0.326. The van der Waals surface area contributed by atoms with Gasteiger partial charge in [0.25, 0.3) is 0 Å². The highest BCUT2D eigenvalue weighted by Crippen LogP contribution is 2.32. The minimum absolute atomic E-state index is 0.0307. The van der Waals surface area contributed by atoms with Crippen molar-refractivity contribution in [2.24, 2.45) is 5.92 Å². The molecule has 0 aliphatic carbocycles. The molecule has 0 saturated heterocycles. The van der Waals surface area contributed by atoms with E-state index in [4.69, 9.17) is 14.6 Å². The fourth-order valence-electron chi connectivity index (χ4n) is 2.32. The average molecular weight is 371 g/mol. The Hall–Kier alpha value is -2.29. The van der Waals surface area contributed by atoms with E-state index in [1.165, 1.54) is 18.2 Å². The second-order valence-electron chi connectivity index (χ2n) is 6.00. The standard InChI is InChI=1S/C16H21NO7S/c1-10(2)15(16(19)20)17-14(18)5-8-25(21,22)11-3-4-12-13(9-11)24-7-6-23-12/h3-4,9-10,15H,5-8H2,1-2H3,(H,17,18)(H,19,20)/t15-/m1/s1. The highest BCUT2D eigenvalue weighted by Gasteiger charge is 2.25. The van der Waals surface area contributed by atoms with E-state index in [-0.39, 0.29) is 17.2 Å². The third kappa shape index (κ3) is 4.85. The molecular weight excluding hydrogens is 350 g/mol. The van der Waals surface area contributed by atoms with Gasteiger partial charge in [-0.3, -0.25) is 4.79 Å². The van der Waals surface area contributed by atoms with Gasteiger partial charge in [-0.05, 0) is 18.1 Å². The van der Waals surface area contributed by atoms with Crippen LogP contribution in [0.4, 0.5) is 0 Å². The van der Waals surface area contributed by atoms with Gasteiger partial charge in [-0.1, -0.05) is 13.8 Å². The first-order valence-corrected chi connectivity index (χ1v) is 9.50. The summed E-state index contributed by atoms with van der Waals surface area (Å²) >= 11 is 0. The maximum atomic E-state index is 12.4. The zero-order valence-electron chi connectivity index (χ0n) is 14.0. The van der Waals surface area contributed by atoms with E-state index in [2.05, 4.69) is 5.32 Å². The molecule has 0 bridgehead atoms. The number of sulfone groups is 1. The molecule has 8 nitrogen and oxygen atoms in total. The third-order valence-corrected chi connectivity index (χ3v) is 5.43. The molecule has 1 amide bonds. The minimum atomic E-state index is -3.71. The number of aliphatic carboxylic acids is 1. The summed E-state index contributed by atoms with van der Waals surface area (Å²) in [7, 11) is -3.71. The Kier molecular flexibility index (Phi) is 5.89. The maximum Gasteiger partial charge on any atom is 0.326 e.